The number of rotatable bonds is 7. The topological polar surface area (TPSA) is 85.5 Å². The molecule has 0 bridgehead atoms. The summed E-state index contributed by atoms with van der Waals surface area (Å²) in [6.45, 7) is 6.78. The Morgan fingerprint density at radius 2 is 1.85 bits per heavy atom. The van der Waals surface area contributed by atoms with Gasteiger partial charge in [-0.15, -0.1) is 0 Å². The molecule has 0 saturated heterocycles. The molecular formula is C20H22ClNO5. The number of nitrogens with one attached hydrogen (secondary N) is 1. The van der Waals surface area contributed by atoms with Crippen LogP contribution in [-0.4, -0.2) is 35.4 Å². The monoisotopic (exact) mass is 391 g/mol. The number of hydrogen-bond acceptors (Lipinski definition) is 5. The van der Waals surface area contributed by atoms with Gasteiger partial charge in [0.15, 0.2) is 6.10 Å². The number of carbonyl (C=O) groups excluding carboxylic acids is 3. The second kappa shape index (κ2) is 8.86. The molecule has 0 saturated carbocycles. The zero-order valence-corrected chi connectivity index (χ0v) is 16.5. The predicted octanol–water partition coefficient (Wildman–Crippen LogP) is 3.82. The maximum Gasteiger partial charge on any atom is 0.340 e. The van der Waals surface area contributed by atoms with Crippen molar-refractivity contribution in [3.05, 3.63) is 57.4 Å². The summed E-state index contributed by atoms with van der Waals surface area (Å²) >= 11 is 6.04. The molecule has 1 aromatic heterocycles. The highest BCUT2D eigenvalue weighted by molar-refractivity contribution is 6.31. The molecule has 1 N–H and O–H groups in total. The highest BCUT2D eigenvalue weighted by Gasteiger charge is 2.27. The van der Waals surface area contributed by atoms with E-state index in [2.05, 4.69) is 4.98 Å². The Balaban J connectivity index is 2.11. The molecule has 1 aromatic carbocycles. The third-order valence-electron chi connectivity index (χ3n) is 4.13. The van der Waals surface area contributed by atoms with E-state index >= 15 is 0 Å². The van der Waals surface area contributed by atoms with Crippen molar-refractivity contribution in [1.29, 1.82) is 0 Å². The summed E-state index contributed by atoms with van der Waals surface area (Å²) < 4.78 is 10.3. The second-order valence-electron chi connectivity index (χ2n) is 6.11. The lowest BCUT2D eigenvalue weighted by Gasteiger charge is -2.12. The van der Waals surface area contributed by atoms with Crippen LogP contribution in [0.5, 0.6) is 0 Å². The lowest BCUT2D eigenvalue weighted by Crippen LogP contribution is -2.26. The van der Waals surface area contributed by atoms with Crippen LogP contribution in [0, 0.1) is 13.8 Å². The third-order valence-corrected chi connectivity index (χ3v) is 4.50. The van der Waals surface area contributed by atoms with Gasteiger partial charge < -0.3 is 14.5 Å². The Labute approximate surface area is 162 Å². The zero-order valence-electron chi connectivity index (χ0n) is 15.7. The number of ketones is 1. The Morgan fingerprint density at radius 1 is 1.19 bits per heavy atom. The van der Waals surface area contributed by atoms with Crippen molar-refractivity contribution in [2.75, 3.05) is 6.61 Å². The molecular weight excluding hydrogens is 370 g/mol. The fourth-order valence-corrected chi connectivity index (χ4v) is 3.00. The van der Waals surface area contributed by atoms with Crippen molar-refractivity contribution in [2.45, 2.75) is 40.2 Å². The smallest absolute Gasteiger partial charge is 0.340 e. The Bertz CT molecular complexity index is 871. The molecule has 7 heteroatoms. The standard InChI is InChI=1S/C20H22ClNO5/c1-5-26-20(25)17-11(2)18(22-12(17)3)19(24)13(4)27-16(23)10-14-8-6-7-9-15(14)21/h6-9,13,22H,5,10H2,1-4H3/t13-/m0/s1. The molecule has 1 atom stereocenters. The molecule has 1 heterocycles. The molecule has 27 heavy (non-hydrogen) atoms. The Kier molecular flexibility index (Phi) is 6.80. The van der Waals surface area contributed by atoms with Crippen LogP contribution in [0.3, 0.4) is 0 Å². The average molecular weight is 392 g/mol. The van der Waals surface area contributed by atoms with Crippen molar-refractivity contribution < 1.29 is 23.9 Å². The highest BCUT2D eigenvalue weighted by Crippen LogP contribution is 2.21. The van der Waals surface area contributed by atoms with E-state index in [1.54, 1.807) is 45.0 Å². The van der Waals surface area contributed by atoms with Gasteiger partial charge in [0.1, 0.15) is 0 Å². The van der Waals surface area contributed by atoms with Gasteiger partial charge in [0.2, 0.25) is 5.78 Å². The molecule has 0 unspecified atom stereocenters. The molecule has 2 aromatic rings. The van der Waals surface area contributed by atoms with Crippen LogP contribution in [0.15, 0.2) is 24.3 Å². The predicted molar refractivity (Wildman–Crippen MR) is 101 cm³/mol. The second-order valence-corrected chi connectivity index (χ2v) is 6.52. The summed E-state index contributed by atoms with van der Waals surface area (Å²) in [5.74, 6) is -1.47. The highest BCUT2D eigenvalue weighted by atomic mass is 35.5. The van der Waals surface area contributed by atoms with E-state index in [-0.39, 0.29) is 18.7 Å². The summed E-state index contributed by atoms with van der Waals surface area (Å²) in [4.78, 5) is 39.8. The van der Waals surface area contributed by atoms with Gasteiger partial charge in [0.25, 0.3) is 0 Å². The fourth-order valence-electron chi connectivity index (χ4n) is 2.80. The number of halogens is 1. The van der Waals surface area contributed by atoms with Crippen LogP contribution in [0.1, 0.15) is 51.5 Å². The van der Waals surface area contributed by atoms with E-state index in [0.717, 1.165) is 0 Å². The van der Waals surface area contributed by atoms with E-state index in [4.69, 9.17) is 21.1 Å². The molecule has 2 rings (SSSR count). The number of ether oxygens (including phenoxy) is 2. The molecule has 0 amide bonds. The molecule has 6 nitrogen and oxygen atoms in total. The molecule has 0 aliphatic rings. The van der Waals surface area contributed by atoms with Crippen molar-refractivity contribution in [3.63, 3.8) is 0 Å². The molecule has 0 radical (unpaired) electrons. The molecule has 0 aliphatic carbocycles. The average Bonchev–Trinajstić information content (AvgIpc) is 2.90. The van der Waals surface area contributed by atoms with Gasteiger partial charge in [-0.05, 0) is 44.9 Å². The largest absolute Gasteiger partial charge is 0.462 e. The van der Waals surface area contributed by atoms with E-state index in [1.165, 1.54) is 6.92 Å². The van der Waals surface area contributed by atoms with Gasteiger partial charge in [-0.2, -0.15) is 0 Å². The summed E-state index contributed by atoms with van der Waals surface area (Å²) in [5, 5.41) is 0.461. The lowest BCUT2D eigenvalue weighted by molar-refractivity contribution is -0.145. The number of esters is 2. The maximum atomic E-state index is 12.7. The number of hydrogen-bond donors (Lipinski definition) is 1. The minimum absolute atomic E-state index is 0.0336. The minimum Gasteiger partial charge on any atom is -0.462 e. The Hall–Kier alpha value is -2.60. The van der Waals surface area contributed by atoms with Gasteiger partial charge >= 0.3 is 11.9 Å². The van der Waals surface area contributed by atoms with Crippen molar-refractivity contribution in [2.24, 2.45) is 0 Å². The summed E-state index contributed by atoms with van der Waals surface area (Å²) in [6, 6.07) is 6.94. The normalized spacial score (nSPS) is 11.7. The van der Waals surface area contributed by atoms with E-state index in [0.29, 0.717) is 27.4 Å². The number of H-pyrrole nitrogens is 1. The van der Waals surface area contributed by atoms with Crippen LogP contribution in [0.25, 0.3) is 0 Å². The van der Waals surface area contributed by atoms with Gasteiger partial charge in [-0.1, -0.05) is 29.8 Å². The number of benzene rings is 1. The van der Waals surface area contributed by atoms with Crippen molar-refractivity contribution in [3.8, 4) is 0 Å². The van der Waals surface area contributed by atoms with Gasteiger partial charge in [0, 0.05) is 10.7 Å². The van der Waals surface area contributed by atoms with E-state index in [9.17, 15) is 14.4 Å². The van der Waals surface area contributed by atoms with E-state index < -0.39 is 23.8 Å². The van der Waals surface area contributed by atoms with Crippen LogP contribution < -0.4 is 0 Å². The summed E-state index contributed by atoms with van der Waals surface area (Å²) in [5.41, 5.74) is 2.19. The number of Topliss-reactive ketones (excluding diaryl/α,β-unsaturated/α-hetero) is 1. The molecule has 0 aliphatic heterocycles. The fraction of sp³-hybridized carbons (Fsp3) is 0.350. The van der Waals surface area contributed by atoms with Crippen LogP contribution in [0.4, 0.5) is 0 Å². The quantitative estimate of drug-likeness (QED) is 0.572. The summed E-state index contributed by atoms with van der Waals surface area (Å²) in [7, 11) is 0. The molecule has 0 fully saturated rings. The van der Waals surface area contributed by atoms with Crippen molar-refractivity contribution in [1.82, 2.24) is 4.98 Å². The number of aromatic nitrogens is 1. The van der Waals surface area contributed by atoms with Crippen LogP contribution in [0.2, 0.25) is 5.02 Å². The van der Waals surface area contributed by atoms with Gasteiger partial charge in [-0.3, -0.25) is 9.59 Å². The van der Waals surface area contributed by atoms with Crippen LogP contribution in [-0.2, 0) is 20.7 Å². The summed E-state index contributed by atoms with van der Waals surface area (Å²) in [6.07, 6.45) is -1.04. The lowest BCUT2D eigenvalue weighted by atomic mass is 10.1. The van der Waals surface area contributed by atoms with Gasteiger partial charge in [-0.25, -0.2) is 4.79 Å². The third kappa shape index (κ3) is 4.77. The minimum atomic E-state index is -1.01. The maximum absolute atomic E-state index is 12.7. The first-order valence-electron chi connectivity index (χ1n) is 8.59. The molecule has 0 spiro atoms. The van der Waals surface area contributed by atoms with Crippen molar-refractivity contribution >= 4 is 29.3 Å². The van der Waals surface area contributed by atoms with E-state index in [1.807, 2.05) is 0 Å². The van der Waals surface area contributed by atoms with Gasteiger partial charge in [0.05, 0.1) is 24.3 Å². The first kappa shape index (κ1) is 20.7. The number of carbonyl (C=O) groups is 3. The zero-order chi connectivity index (χ0) is 20.1. The Morgan fingerprint density at radius 3 is 2.48 bits per heavy atom. The SMILES string of the molecule is CCOC(=O)c1c(C)[nH]c(C(=O)[C@H](C)OC(=O)Cc2ccccc2Cl)c1C. The first-order chi connectivity index (χ1) is 12.8. The first-order valence-corrected chi connectivity index (χ1v) is 8.97. The number of aromatic amines is 1. The van der Waals surface area contributed by atoms with Crippen LogP contribution >= 0.6 is 11.6 Å². The molecule has 144 valence electrons. The number of aryl methyl sites for hydroxylation is 1.